The molecule has 4 heteroatoms. The summed E-state index contributed by atoms with van der Waals surface area (Å²) in [4.78, 5) is 0. The van der Waals surface area contributed by atoms with E-state index in [0.717, 1.165) is 12.0 Å². The van der Waals surface area contributed by atoms with E-state index in [1.165, 1.54) is 12.1 Å². The van der Waals surface area contributed by atoms with Crippen molar-refractivity contribution >= 4 is 11.6 Å². The van der Waals surface area contributed by atoms with Crippen molar-refractivity contribution < 1.29 is 8.78 Å². The van der Waals surface area contributed by atoms with E-state index >= 15 is 0 Å². The lowest BCUT2D eigenvalue weighted by Gasteiger charge is -2.21. The fourth-order valence-electron chi connectivity index (χ4n) is 2.30. The van der Waals surface area contributed by atoms with Crippen LogP contribution in [0.4, 0.5) is 8.78 Å². The van der Waals surface area contributed by atoms with Crippen molar-refractivity contribution in [3.8, 4) is 0 Å². The van der Waals surface area contributed by atoms with Gasteiger partial charge in [-0.25, -0.2) is 8.78 Å². The first kappa shape index (κ1) is 15.9. The lowest BCUT2D eigenvalue weighted by molar-refractivity contribution is 0.520. The summed E-state index contributed by atoms with van der Waals surface area (Å²) in [5.74, 6) is -0.777. The van der Waals surface area contributed by atoms with Crippen LogP contribution < -0.4 is 5.32 Å². The number of hydrogen-bond acceptors (Lipinski definition) is 1. The van der Waals surface area contributed by atoms with Crippen LogP contribution in [-0.4, -0.2) is 6.54 Å². The van der Waals surface area contributed by atoms with Crippen LogP contribution in [0, 0.1) is 18.6 Å². The highest BCUT2D eigenvalue weighted by Gasteiger charge is 2.20. The summed E-state index contributed by atoms with van der Waals surface area (Å²) in [6.07, 6.45) is 0.874. The first-order valence-corrected chi connectivity index (χ1v) is 7.35. The van der Waals surface area contributed by atoms with E-state index in [4.69, 9.17) is 11.6 Å². The van der Waals surface area contributed by atoms with Crippen LogP contribution in [0.25, 0.3) is 0 Å². The predicted molar refractivity (Wildman–Crippen MR) is 82.7 cm³/mol. The van der Waals surface area contributed by atoms with Crippen LogP contribution in [0.15, 0.2) is 36.4 Å². The van der Waals surface area contributed by atoms with E-state index in [1.807, 2.05) is 13.8 Å². The van der Waals surface area contributed by atoms with Gasteiger partial charge in [0.25, 0.3) is 0 Å². The highest BCUT2D eigenvalue weighted by atomic mass is 35.5. The summed E-state index contributed by atoms with van der Waals surface area (Å²) in [6, 6.07) is 8.82. The molecule has 2 rings (SSSR count). The molecule has 1 unspecified atom stereocenters. The largest absolute Gasteiger partial charge is 0.306 e. The van der Waals surface area contributed by atoms with Crippen molar-refractivity contribution in [1.82, 2.24) is 5.32 Å². The van der Waals surface area contributed by atoms with Crippen molar-refractivity contribution in [2.45, 2.75) is 26.3 Å². The Balaban J connectivity index is 2.49. The minimum absolute atomic E-state index is 0.329. The van der Waals surface area contributed by atoms with Gasteiger partial charge in [0.1, 0.15) is 11.6 Å². The van der Waals surface area contributed by atoms with Gasteiger partial charge in [-0.05, 0) is 38.1 Å². The summed E-state index contributed by atoms with van der Waals surface area (Å²) in [5, 5.41) is 3.54. The molecule has 2 aromatic carbocycles. The average Bonchev–Trinajstić information content (AvgIpc) is 2.44. The zero-order valence-electron chi connectivity index (χ0n) is 12.1. The van der Waals surface area contributed by atoms with E-state index < -0.39 is 11.9 Å². The molecule has 2 aromatic rings. The van der Waals surface area contributed by atoms with Crippen LogP contribution in [0.1, 0.15) is 36.1 Å². The Morgan fingerprint density at radius 1 is 1.05 bits per heavy atom. The van der Waals surface area contributed by atoms with Gasteiger partial charge in [-0.1, -0.05) is 42.3 Å². The Morgan fingerprint density at radius 2 is 1.81 bits per heavy atom. The molecule has 0 radical (unpaired) electrons. The smallest absolute Gasteiger partial charge is 0.129 e. The van der Waals surface area contributed by atoms with Gasteiger partial charge in [-0.15, -0.1) is 0 Å². The highest BCUT2D eigenvalue weighted by molar-refractivity contribution is 6.30. The molecule has 0 aromatic heterocycles. The highest BCUT2D eigenvalue weighted by Crippen LogP contribution is 2.28. The third kappa shape index (κ3) is 3.80. The summed E-state index contributed by atoms with van der Waals surface area (Å²) in [5.41, 5.74) is 1.78. The molecule has 21 heavy (non-hydrogen) atoms. The summed E-state index contributed by atoms with van der Waals surface area (Å²) >= 11 is 5.79. The molecule has 0 spiro atoms. The van der Waals surface area contributed by atoms with Gasteiger partial charge in [0.2, 0.25) is 0 Å². The number of benzene rings is 2. The van der Waals surface area contributed by atoms with Gasteiger partial charge in [0.15, 0.2) is 0 Å². The maximum absolute atomic E-state index is 14.2. The average molecular weight is 310 g/mol. The van der Waals surface area contributed by atoms with Gasteiger partial charge in [-0.3, -0.25) is 0 Å². The molecule has 0 saturated heterocycles. The minimum atomic E-state index is -0.526. The van der Waals surface area contributed by atoms with Crippen LogP contribution in [0.3, 0.4) is 0 Å². The van der Waals surface area contributed by atoms with E-state index in [1.54, 1.807) is 24.3 Å². The van der Waals surface area contributed by atoms with Crippen LogP contribution in [-0.2, 0) is 0 Å². The van der Waals surface area contributed by atoms with Crippen molar-refractivity contribution in [3.63, 3.8) is 0 Å². The fraction of sp³-hybridized carbons (Fsp3) is 0.294. The maximum Gasteiger partial charge on any atom is 0.129 e. The SMILES string of the molecule is CCCNC(c1ccc(Cl)cc1F)c1cc(C)ccc1F. The fourth-order valence-corrected chi connectivity index (χ4v) is 2.45. The molecule has 0 aliphatic heterocycles. The first-order chi connectivity index (χ1) is 10.0. The Morgan fingerprint density at radius 3 is 2.48 bits per heavy atom. The van der Waals surface area contributed by atoms with Crippen molar-refractivity contribution in [3.05, 3.63) is 69.7 Å². The van der Waals surface area contributed by atoms with E-state index in [-0.39, 0.29) is 5.82 Å². The zero-order chi connectivity index (χ0) is 15.4. The summed E-state index contributed by atoms with van der Waals surface area (Å²) in [7, 11) is 0. The molecular weight excluding hydrogens is 292 g/mol. The standard InChI is InChI=1S/C17H18ClF2N/c1-3-8-21-17(13-6-5-12(18)10-16(13)20)14-9-11(2)4-7-15(14)19/h4-7,9-10,17,21H,3,8H2,1-2H3. The summed E-state index contributed by atoms with van der Waals surface area (Å²) in [6.45, 7) is 4.56. The molecule has 1 N–H and O–H groups in total. The number of halogens is 3. The van der Waals surface area contributed by atoms with Crippen molar-refractivity contribution in [2.75, 3.05) is 6.54 Å². The van der Waals surface area contributed by atoms with Crippen LogP contribution >= 0.6 is 11.6 Å². The number of aryl methyl sites for hydroxylation is 1. The zero-order valence-corrected chi connectivity index (χ0v) is 12.8. The third-order valence-corrected chi connectivity index (χ3v) is 3.57. The lowest BCUT2D eigenvalue weighted by atomic mass is 9.96. The van der Waals surface area contributed by atoms with Crippen LogP contribution in [0.5, 0.6) is 0 Å². The molecule has 1 nitrogen and oxygen atoms in total. The Hall–Kier alpha value is -1.45. The summed E-state index contributed by atoms with van der Waals surface area (Å²) < 4.78 is 28.4. The topological polar surface area (TPSA) is 12.0 Å². The second-order valence-corrected chi connectivity index (χ2v) is 5.51. The molecule has 112 valence electrons. The second-order valence-electron chi connectivity index (χ2n) is 5.08. The molecule has 1 atom stereocenters. The first-order valence-electron chi connectivity index (χ1n) is 6.97. The Bertz CT molecular complexity index is 628. The van der Waals surface area contributed by atoms with Gasteiger partial charge in [0, 0.05) is 16.1 Å². The monoisotopic (exact) mass is 309 g/mol. The normalized spacial score (nSPS) is 12.4. The van der Waals surface area contributed by atoms with Crippen LogP contribution in [0.2, 0.25) is 5.02 Å². The molecule has 0 amide bonds. The lowest BCUT2D eigenvalue weighted by Crippen LogP contribution is -2.25. The van der Waals surface area contributed by atoms with Gasteiger partial charge in [-0.2, -0.15) is 0 Å². The van der Waals surface area contributed by atoms with E-state index in [2.05, 4.69) is 5.32 Å². The molecule has 0 heterocycles. The number of rotatable bonds is 5. The number of hydrogen-bond donors (Lipinski definition) is 1. The van der Waals surface area contributed by atoms with E-state index in [9.17, 15) is 8.78 Å². The molecule has 0 aliphatic carbocycles. The maximum atomic E-state index is 14.2. The van der Waals surface area contributed by atoms with E-state index in [0.29, 0.717) is 22.7 Å². The molecule has 0 saturated carbocycles. The van der Waals surface area contributed by atoms with Crippen molar-refractivity contribution in [2.24, 2.45) is 0 Å². The third-order valence-electron chi connectivity index (χ3n) is 3.33. The predicted octanol–water partition coefficient (Wildman–Crippen LogP) is 5.02. The van der Waals surface area contributed by atoms with Gasteiger partial charge >= 0.3 is 0 Å². The Kier molecular flexibility index (Phi) is 5.32. The Labute approximate surface area is 128 Å². The molecule has 0 bridgehead atoms. The molecule has 0 fully saturated rings. The quantitative estimate of drug-likeness (QED) is 0.818. The molecular formula is C17H18ClF2N. The van der Waals surface area contributed by atoms with Gasteiger partial charge < -0.3 is 5.32 Å². The minimum Gasteiger partial charge on any atom is -0.306 e. The molecule has 0 aliphatic rings. The van der Waals surface area contributed by atoms with Gasteiger partial charge in [0.05, 0.1) is 6.04 Å². The number of nitrogens with one attached hydrogen (secondary N) is 1. The second kappa shape index (κ2) is 7.01. The van der Waals surface area contributed by atoms with Crippen molar-refractivity contribution in [1.29, 1.82) is 0 Å².